The third-order valence-electron chi connectivity index (χ3n) is 3.72. The number of hydrogen-bond acceptors (Lipinski definition) is 3. The summed E-state index contributed by atoms with van der Waals surface area (Å²) in [7, 11) is 2.09. The van der Waals surface area contributed by atoms with E-state index in [1.165, 1.54) is 19.3 Å². The SMILES string of the molecule is CN(CCC(=O)Nc1ccccc1)CC1CCCCN1. The van der Waals surface area contributed by atoms with E-state index >= 15 is 0 Å². The molecule has 1 fully saturated rings. The van der Waals surface area contributed by atoms with Gasteiger partial charge in [0.15, 0.2) is 0 Å². The van der Waals surface area contributed by atoms with Crippen LogP contribution in [0.3, 0.4) is 0 Å². The van der Waals surface area contributed by atoms with Crippen LogP contribution in [0.15, 0.2) is 30.3 Å². The lowest BCUT2D eigenvalue weighted by Gasteiger charge is -2.28. The first-order chi connectivity index (χ1) is 9.74. The van der Waals surface area contributed by atoms with Gasteiger partial charge in [-0.25, -0.2) is 0 Å². The zero-order chi connectivity index (χ0) is 14.2. The molecule has 0 aliphatic carbocycles. The van der Waals surface area contributed by atoms with Crippen LogP contribution in [-0.2, 0) is 4.79 Å². The summed E-state index contributed by atoms with van der Waals surface area (Å²) in [5.74, 6) is 0.0830. The van der Waals surface area contributed by atoms with Gasteiger partial charge in [-0.2, -0.15) is 0 Å². The molecule has 1 saturated heterocycles. The van der Waals surface area contributed by atoms with Crippen molar-refractivity contribution in [3.63, 3.8) is 0 Å². The van der Waals surface area contributed by atoms with Gasteiger partial charge in [0.25, 0.3) is 0 Å². The highest BCUT2D eigenvalue weighted by molar-refractivity contribution is 5.90. The first-order valence-electron chi connectivity index (χ1n) is 7.51. The van der Waals surface area contributed by atoms with E-state index in [4.69, 9.17) is 0 Å². The number of hydrogen-bond donors (Lipinski definition) is 2. The van der Waals surface area contributed by atoms with Crippen molar-refractivity contribution in [3.8, 4) is 0 Å². The number of carbonyl (C=O) groups is 1. The lowest BCUT2D eigenvalue weighted by atomic mass is 10.0. The summed E-state index contributed by atoms with van der Waals surface area (Å²) < 4.78 is 0. The van der Waals surface area contributed by atoms with Gasteiger partial charge in [0.2, 0.25) is 5.91 Å². The lowest BCUT2D eigenvalue weighted by molar-refractivity contribution is -0.116. The van der Waals surface area contributed by atoms with Crippen molar-refractivity contribution < 1.29 is 4.79 Å². The fourth-order valence-electron chi connectivity index (χ4n) is 2.58. The Morgan fingerprint density at radius 1 is 1.35 bits per heavy atom. The monoisotopic (exact) mass is 275 g/mol. The van der Waals surface area contributed by atoms with Crippen LogP contribution in [0.2, 0.25) is 0 Å². The number of piperidine rings is 1. The average molecular weight is 275 g/mol. The molecule has 0 radical (unpaired) electrons. The molecular weight excluding hydrogens is 250 g/mol. The zero-order valence-corrected chi connectivity index (χ0v) is 12.3. The molecule has 1 aliphatic heterocycles. The summed E-state index contributed by atoms with van der Waals surface area (Å²) in [4.78, 5) is 14.1. The number of amides is 1. The summed E-state index contributed by atoms with van der Waals surface area (Å²) in [6.07, 6.45) is 4.40. The van der Waals surface area contributed by atoms with Crippen molar-refractivity contribution in [2.24, 2.45) is 0 Å². The van der Waals surface area contributed by atoms with Crippen molar-refractivity contribution in [3.05, 3.63) is 30.3 Å². The summed E-state index contributed by atoms with van der Waals surface area (Å²) in [5.41, 5.74) is 0.870. The quantitative estimate of drug-likeness (QED) is 0.835. The Morgan fingerprint density at radius 2 is 2.15 bits per heavy atom. The smallest absolute Gasteiger partial charge is 0.225 e. The second kappa shape index (κ2) is 8.02. The van der Waals surface area contributed by atoms with Crippen LogP contribution in [0.25, 0.3) is 0 Å². The highest BCUT2D eigenvalue weighted by Crippen LogP contribution is 2.08. The Bertz CT molecular complexity index is 401. The van der Waals surface area contributed by atoms with Gasteiger partial charge in [0, 0.05) is 31.2 Å². The van der Waals surface area contributed by atoms with Crippen LogP contribution >= 0.6 is 0 Å². The Kier molecular flexibility index (Phi) is 6.02. The molecule has 1 amide bonds. The fraction of sp³-hybridized carbons (Fsp3) is 0.562. The molecule has 1 aromatic rings. The van der Waals surface area contributed by atoms with E-state index in [1.54, 1.807) is 0 Å². The molecule has 0 aromatic heterocycles. The normalized spacial score (nSPS) is 19.0. The molecule has 1 unspecified atom stereocenters. The number of benzene rings is 1. The first-order valence-corrected chi connectivity index (χ1v) is 7.51. The van der Waals surface area contributed by atoms with E-state index in [2.05, 4.69) is 22.6 Å². The number of para-hydroxylation sites is 1. The van der Waals surface area contributed by atoms with Gasteiger partial charge in [-0.1, -0.05) is 24.6 Å². The van der Waals surface area contributed by atoms with Gasteiger partial charge in [-0.15, -0.1) is 0 Å². The largest absolute Gasteiger partial charge is 0.326 e. The molecule has 20 heavy (non-hydrogen) atoms. The van der Waals surface area contributed by atoms with Crippen LogP contribution in [0, 0.1) is 0 Å². The van der Waals surface area contributed by atoms with Crippen LogP contribution in [0.1, 0.15) is 25.7 Å². The number of nitrogens with zero attached hydrogens (tertiary/aromatic N) is 1. The maximum Gasteiger partial charge on any atom is 0.225 e. The van der Waals surface area contributed by atoms with Crippen molar-refractivity contribution >= 4 is 11.6 Å². The molecule has 0 bridgehead atoms. The standard InChI is InChI=1S/C16H25N3O/c1-19(13-15-9-5-6-11-17-15)12-10-16(20)18-14-7-3-2-4-8-14/h2-4,7-8,15,17H,5-6,9-13H2,1H3,(H,18,20). The Labute approximate surface area is 121 Å². The number of anilines is 1. The molecule has 0 saturated carbocycles. The molecule has 1 aliphatic rings. The number of nitrogens with one attached hydrogen (secondary N) is 2. The molecular formula is C16H25N3O. The van der Waals surface area contributed by atoms with Crippen molar-refractivity contribution in [1.82, 2.24) is 10.2 Å². The summed E-state index contributed by atoms with van der Waals surface area (Å²) >= 11 is 0. The van der Waals surface area contributed by atoms with Crippen molar-refractivity contribution in [2.45, 2.75) is 31.7 Å². The van der Waals surface area contributed by atoms with Crippen LogP contribution in [-0.4, -0.2) is 43.5 Å². The summed E-state index contributed by atoms with van der Waals surface area (Å²) in [6, 6.07) is 10.2. The van der Waals surface area contributed by atoms with Crippen LogP contribution in [0.4, 0.5) is 5.69 Å². The molecule has 1 atom stereocenters. The molecule has 1 heterocycles. The predicted octanol–water partition coefficient (Wildman–Crippen LogP) is 2.09. The van der Waals surface area contributed by atoms with Crippen LogP contribution in [0.5, 0.6) is 0 Å². The van der Waals surface area contributed by atoms with Gasteiger partial charge in [-0.05, 0) is 38.6 Å². The maximum atomic E-state index is 11.9. The topological polar surface area (TPSA) is 44.4 Å². The minimum atomic E-state index is 0.0830. The second-order valence-corrected chi connectivity index (χ2v) is 5.57. The summed E-state index contributed by atoms with van der Waals surface area (Å²) in [6.45, 7) is 2.96. The lowest BCUT2D eigenvalue weighted by Crippen LogP contribution is -2.43. The summed E-state index contributed by atoms with van der Waals surface area (Å²) in [5, 5.41) is 6.45. The highest BCUT2D eigenvalue weighted by atomic mass is 16.1. The average Bonchev–Trinajstić information content (AvgIpc) is 2.47. The van der Waals surface area contributed by atoms with E-state index in [0.29, 0.717) is 12.5 Å². The third-order valence-corrected chi connectivity index (χ3v) is 3.72. The molecule has 110 valence electrons. The molecule has 4 heteroatoms. The highest BCUT2D eigenvalue weighted by Gasteiger charge is 2.14. The Balaban J connectivity index is 1.64. The zero-order valence-electron chi connectivity index (χ0n) is 12.3. The van der Waals surface area contributed by atoms with Gasteiger partial charge in [0.05, 0.1) is 0 Å². The molecule has 2 N–H and O–H groups in total. The van der Waals surface area contributed by atoms with Gasteiger partial charge >= 0.3 is 0 Å². The van der Waals surface area contributed by atoms with E-state index in [9.17, 15) is 4.79 Å². The maximum absolute atomic E-state index is 11.9. The Hall–Kier alpha value is -1.39. The second-order valence-electron chi connectivity index (χ2n) is 5.57. The van der Waals surface area contributed by atoms with Crippen LogP contribution < -0.4 is 10.6 Å². The van der Waals surface area contributed by atoms with Crippen molar-refractivity contribution in [2.75, 3.05) is 32.0 Å². The predicted molar refractivity (Wildman–Crippen MR) is 82.8 cm³/mol. The van der Waals surface area contributed by atoms with Gasteiger partial charge < -0.3 is 15.5 Å². The van der Waals surface area contributed by atoms with Gasteiger partial charge in [-0.3, -0.25) is 4.79 Å². The third kappa shape index (κ3) is 5.31. The first kappa shape index (κ1) is 15.0. The van der Waals surface area contributed by atoms with Gasteiger partial charge in [0.1, 0.15) is 0 Å². The van der Waals surface area contributed by atoms with E-state index in [-0.39, 0.29) is 5.91 Å². The molecule has 0 spiro atoms. The number of likely N-dealkylation sites (N-methyl/N-ethyl adjacent to an activating group) is 1. The van der Waals surface area contributed by atoms with E-state index in [0.717, 1.165) is 25.3 Å². The minimum Gasteiger partial charge on any atom is -0.326 e. The number of rotatable bonds is 6. The fourth-order valence-corrected chi connectivity index (χ4v) is 2.58. The number of carbonyl (C=O) groups excluding carboxylic acids is 1. The van der Waals surface area contributed by atoms with E-state index in [1.807, 2.05) is 30.3 Å². The molecule has 4 nitrogen and oxygen atoms in total. The molecule has 2 rings (SSSR count). The van der Waals surface area contributed by atoms with Crippen molar-refractivity contribution in [1.29, 1.82) is 0 Å². The van der Waals surface area contributed by atoms with E-state index < -0.39 is 0 Å². The molecule has 1 aromatic carbocycles. The Morgan fingerprint density at radius 3 is 2.85 bits per heavy atom. The minimum absolute atomic E-state index is 0.0830.